The zero-order valence-electron chi connectivity index (χ0n) is 14.8. The molecule has 0 bridgehead atoms. The van der Waals surface area contributed by atoms with Gasteiger partial charge in [0.2, 0.25) is 0 Å². The van der Waals surface area contributed by atoms with Gasteiger partial charge in [-0.05, 0) is 18.1 Å². The number of thioether (sulfide) groups is 1. The highest BCUT2D eigenvalue weighted by Crippen LogP contribution is 2.27. The van der Waals surface area contributed by atoms with Crippen LogP contribution in [0.5, 0.6) is 0 Å². The number of rotatable bonds is 5. The highest BCUT2D eigenvalue weighted by Gasteiger charge is 2.19. The summed E-state index contributed by atoms with van der Waals surface area (Å²) in [5.74, 6) is 0.385. The average molecular weight is 403 g/mol. The molecule has 0 unspecified atom stereocenters. The number of aliphatic imine (C=N–C) groups is 1. The van der Waals surface area contributed by atoms with Crippen molar-refractivity contribution in [1.82, 2.24) is 9.97 Å². The molecule has 3 rings (SSSR count). The predicted octanol–water partition coefficient (Wildman–Crippen LogP) is 2.83. The summed E-state index contributed by atoms with van der Waals surface area (Å²) in [6.07, 6.45) is 0. The fourth-order valence-corrected chi connectivity index (χ4v) is 4.18. The summed E-state index contributed by atoms with van der Waals surface area (Å²) >= 11 is 2.45. The second-order valence-electron chi connectivity index (χ2n) is 5.67. The van der Waals surface area contributed by atoms with E-state index in [0.717, 1.165) is 16.9 Å². The van der Waals surface area contributed by atoms with E-state index >= 15 is 0 Å². The van der Waals surface area contributed by atoms with Crippen molar-refractivity contribution in [1.29, 1.82) is 0 Å². The molecular formula is C18H18N4O3S2. The number of amidine groups is 1. The number of thiophene rings is 1. The molecule has 0 aliphatic rings. The van der Waals surface area contributed by atoms with Gasteiger partial charge in [-0.25, -0.2) is 9.78 Å². The Labute approximate surface area is 163 Å². The number of nitrogens with two attached hydrogens (primary N) is 1. The Kier molecular flexibility index (Phi) is 5.92. The minimum atomic E-state index is -0.469. The van der Waals surface area contributed by atoms with Gasteiger partial charge in [0.1, 0.15) is 15.5 Å². The van der Waals surface area contributed by atoms with Gasteiger partial charge in [0.15, 0.2) is 5.17 Å². The molecule has 0 aliphatic carbocycles. The van der Waals surface area contributed by atoms with Crippen LogP contribution in [0.2, 0.25) is 0 Å². The molecule has 0 aliphatic heterocycles. The van der Waals surface area contributed by atoms with Gasteiger partial charge >= 0.3 is 5.97 Å². The third kappa shape index (κ3) is 4.37. The number of ether oxygens (including phenoxy) is 1. The molecule has 3 aromatic rings. The molecule has 0 saturated heterocycles. The third-order valence-corrected chi connectivity index (χ3v) is 5.85. The van der Waals surface area contributed by atoms with Crippen molar-refractivity contribution in [2.75, 3.05) is 7.11 Å². The number of hydrogen-bond acceptors (Lipinski definition) is 7. The first kappa shape index (κ1) is 19.1. The molecule has 27 heavy (non-hydrogen) atoms. The largest absolute Gasteiger partial charge is 0.465 e. The summed E-state index contributed by atoms with van der Waals surface area (Å²) < 4.78 is 4.75. The Morgan fingerprint density at radius 3 is 2.81 bits per heavy atom. The molecule has 3 N–H and O–H groups in total. The van der Waals surface area contributed by atoms with E-state index < -0.39 is 5.97 Å². The first-order chi connectivity index (χ1) is 13.0. The van der Waals surface area contributed by atoms with Gasteiger partial charge in [0, 0.05) is 0 Å². The number of aromatic amines is 1. The number of hydrogen-bond donors (Lipinski definition) is 2. The number of esters is 1. The summed E-state index contributed by atoms with van der Waals surface area (Å²) in [6, 6.07) is 9.80. The van der Waals surface area contributed by atoms with E-state index in [1.165, 1.54) is 18.9 Å². The number of methoxy groups -OCH3 is 1. The smallest absolute Gasteiger partial charge is 0.348 e. The number of fused-ring (bicyclic) bond motifs is 1. The van der Waals surface area contributed by atoms with Crippen LogP contribution in [0.3, 0.4) is 0 Å². The van der Waals surface area contributed by atoms with Gasteiger partial charge < -0.3 is 15.5 Å². The van der Waals surface area contributed by atoms with Crippen LogP contribution in [0.1, 0.15) is 26.6 Å². The Hall–Kier alpha value is -2.65. The average Bonchev–Trinajstić information content (AvgIpc) is 3.02. The maximum atomic E-state index is 12.4. The van der Waals surface area contributed by atoms with Crippen LogP contribution in [0.25, 0.3) is 10.2 Å². The van der Waals surface area contributed by atoms with E-state index in [0.29, 0.717) is 43.9 Å². The van der Waals surface area contributed by atoms with Crippen LogP contribution in [-0.4, -0.2) is 28.2 Å². The van der Waals surface area contributed by atoms with Crippen molar-refractivity contribution in [3.05, 3.63) is 62.5 Å². The Morgan fingerprint density at radius 1 is 1.37 bits per heavy atom. The van der Waals surface area contributed by atoms with Crippen molar-refractivity contribution in [2.24, 2.45) is 10.7 Å². The predicted molar refractivity (Wildman–Crippen MR) is 109 cm³/mol. The van der Waals surface area contributed by atoms with E-state index in [2.05, 4.69) is 15.0 Å². The second-order valence-corrected chi connectivity index (χ2v) is 7.66. The monoisotopic (exact) mass is 402 g/mol. The van der Waals surface area contributed by atoms with Crippen molar-refractivity contribution in [3.63, 3.8) is 0 Å². The van der Waals surface area contributed by atoms with Gasteiger partial charge in [-0.2, -0.15) is 0 Å². The van der Waals surface area contributed by atoms with E-state index in [1.54, 1.807) is 6.92 Å². The van der Waals surface area contributed by atoms with Gasteiger partial charge in [-0.15, -0.1) is 11.3 Å². The molecule has 0 fully saturated rings. The van der Waals surface area contributed by atoms with Crippen LogP contribution in [0.15, 0.2) is 40.1 Å². The van der Waals surface area contributed by atoms with E-state index in [1.807, 2.05) is 30.3 Å². The van der Waals surface area contributed by atoms with Crippen molar-refractivity contribution >= 4 is 44.5 Å². The fourth-order valence-electron chi connectivity index (χ4n) is 2.48. The van der Waals surface area contributed by atoms with Gasteiger partial charge in [0.05, 0.1) is 24.8 Å². The van der Waals surface area contributed by atoms with Crippen LogP contribution in [0, 0.1) is 6.92 Å². The summed E-state index contributed by atoms with van der Waals surface area (Å²) in [5, 5.41) is 0.832. The minimum absolute atomic E-state index is 0.278. The quantitative estimate of drug-likeness (QED) is 0.386. The molecule has 0 radical (unpaired) electrons. The summed E-state index contributed by atoms with van der Waals surface area (Å²) in [5.41, 5.74) is 7.31. The molecule has 0 spiro atoms. The van der Waals surface area contributed by atoms with Crippen LogP contribution in [0.4, 0.5) is 0 Å². The zero-order valence-corrected chi connectivity index (χ0v) is 16.4. The number of nitrogens with one attached hydrogen (secondary N) is 1. The Balaban J connectivity index is 1.75. The highest BCUT2D eigenvalue weighted by molar-refractivity contribution is 8.13. The molecule has 2 aromatic heterocycles. The summed E-state index contributed by atoms with van der Waals surface area (Å²) in [6.45, 7) is 2.21. The third-order valence-electron chi connectivity index (χ3n) is 3.84. The number of aryl methyl sites for hydroxylation is 1. The second kappa shape index (κ2) is 8.36. The van der Waals surface area contributed by atoms with Crippen LogP contribution < -0.4 is 11.3 Å². The number of benzene rings is 1. The number of aromatic nitrogens is 2. The molecule has 0 saturated carbocycles. The Bertz CT molecular complexity index is 1060. The van der Waals surface area contributed by atoms with E-state index in [4.69, 9.17) is 10.5 Å². The SMILES string of the molecule is COC(=O)c1sc2nc(CSC(N)=NCc3ccccc3)[nH]c(=O)c2c1C. The van der Waals surface area contributed by atoms with E-state index in [-0.39, 0.29) is 5.56 Å². The zero-order chi connectivity index (χ0) is 19.4. The topological polar surface area (TPSA) is 110 Å². The molecule has 0 amide bonds. The lowest BCUT2D eigenvalue weighted by atomic mass is 10.2. The summed E-state index contributed by atoms with van der Waals surface area (Å²) in [4.78, 5) is 36.6. The number of nitrogens with zero attached hydrogens (tertiary/aromatic N) is 2. The lowest BCUT2D eigenvalue weighted by molar-refractivity contribution is 0.0605. The number of carbonyl (C=O) groups excluding carboxylic acids is 1. The maximum Gasteiger partial charge on any atom is 0.348 e. The Morgan fingerprint density at radius 2 is 2.11 bits per heavy atom. The van der Waals surface area contributed by atoms with Crippen LogP contribution in [-0.2, 0) is 17.0 Å². The fraction of sp³-hybridized carbons (Fsp3) is 0.222. The standard InChI is InChI=1S/C18H18N4O3S2/c1-10-13-15(23)21-12(22-16(13)27-14(10)17(24)25-2)9-26-18(19)20-8-11-6-4-3-5-7-11/h3-7H,8-9H2,1-2H3,(H2,19,20)(H,21,22,23). The molecule has 0 atom stereocenters. The van der Waals surface area contributed by atoms with E-state index in [9.17, 15) is 9.59 Å². The van der Waals surface area contributed by atoms with Crippen molar-refractivity contribution in [3.8, 4) is 0 Å². The van der Waals surface area contributed by atoms with Crippen molar-refractivity contribution in [2.45, 2.75) is 19.2 Å². The maximum absolute atomic E-state index is 12.4. The first-order valence-electron chi connectivity index (χ1n) is 8.07. The van der Waals surface area contributed by atoms with Gasteiger partial charge in [-0.1, -0.05) is 42.1 Å². The number of carbonyl (C=O) groups is 1. The molecule has 1 aromatic carbocycles. The molecule has 9 heteroatoms. The molecule has 140 valence electrons. The lowest BCUT2D eigenvalue weighted by Gasteiger charge is -2.02. The minimum Gasteiger partial charge on any atom is -0.465 e. The van der Waals surface area contributed by atoms with Gasteiger partial charge in [0.25, 0.3) is 5.56 Å². The van der Waals surface area contributed by atoms with Crippen molar-refractivity contribution < 1.29 is 9.53 Å². The van der Waals surface area contributed by atoms with Crippen LogP contribution >= 0.6 is 23.1 Å². The summed E-state index contributed by atoms with van der Waals surface area (Å²) in [7, 11) is 1.31. The number of H-pyrrole nitrogens is 1. The molecule has 7 nitrogen and oxygen atoms in total. The highest BCUT2D eigenvalue weighted by atomic mass is 32.2. The first-order valence-corrected chi connectivity index (χ1v) is 9.87. The molecule has 2 heterocycles. The lowest BCUT2D eigenvalue weighted by Crippen LogP contribution is -2.13. The normalized spacial score (nSPS) is 11.7. The molecular weight excluding hydrogens is 384 g/mol. The van der Waals surface area contributed by atoms with Gasteiger partial charge in [-0.3, -0.25) is 9.79 Å².